The fourth-order valence-electron chi connectivity index (χ4n) is 3.43. The van der Waals surface area contributed by atoms with Crippen molar-refractivity contribution in [1.29, 1.82) is 0 Å². The van der Waals surface area contributed by atoms with Gasteiger partial charge in [0.25, 0.3) is 0 Å². The summed E-state index contributed by atoms with van der Waals surface area (Å²) in [5.41, 5.74) is 1.84. The van der Waals surface area contributed by atoms with Crippen LogP contribution in [0.1, 0.15) is 30.2 Å². The van der Waals surface area contributed by atoms with Crippen LogP contribution in [-0.2, 0) is 11.2 Å². The predicted octanol–water partition coefficient (Wildman–Crippen LogP) is 4.48. The zero-order chi connectivity index (χ0) is 19.5. The van der Waals surface area contributed by atoms with Crippen molar-refractivity contribution >= 4 is 17.5 Å². The molecule has 7 heteroatoms. The lowest BCUT2D eigenvalue weighted by atomic mass is 10.1. The fourth-order valence-corrected chi connectivity index (χ4v) is 3.61. The van der Waals surface area contributed by atoms with Crippen molar-refractivity contribution in [3.8, 4) is 11.4 Å². The van der Waals surface area contributed by atoms with Gasteiger partial charge >= 0.3 is 0 Å². The number of benzene rings is 2. The Bertz CT molecular complexity index is 977. The van der Waals surface area contributed by atoms with Crippen LogP contribution in [0.15, 0.2) is 53.1 Å². The highest BCUT2D eigenvalue weighted by atomic mass is 35.5. The molecule has 5 nitrogen and oxygen atoms in total. The van der Waals surface area contributed by atoms with Gasteiger partial charge in [-0.15, -0.1) is 0 Å². The molecule has 1 fully saturated rings. The number of halogens is 2. The first kappa shape index (κ1) is 18.6. The third-order valence-corrected chi connectivity index (χ3v) is 5.21. The minimum Gasteiger partial charge on any atom is -0.342 e. The molecule has 0 aliphatic carbocycles. The number of likely N-dealkylation sites (tertiary alicyclic amines) is 1. The smallest absolute Gasteiger partial charge is 0.232 e. The quantitative estimate of drug-likeness (QED) is 0.613. The molecule has 0 radical (unpaired) electrons. The second-order valence-electron chi connectivity index (χ2n) is 6.92. The molecule has 1 atom stereocenters. The highest BCUT2D eigenvalue weighted by Gasteiger charge is 2.34. The molecular weight excluding hydrogens is 381 g/mol. The number of carbonyl (C=O) groups excluding carboxylic acids is 1. The second-order valence-corrected chi connectivity index (χ2v) is 7.32. The van der Waals surface area contributed by atoms with Crippen molar-refractivity contribution in [2.75, 3.05) is 13.1 Å². The molecule has 0 saturated carbocycles. The van der Waals surface area contributed by atoms with Gasteiger partial charge in [0.15, 0.2) is 0 Å². The molecule has 1 amide bonds. The summed E-state index contributed by atoms with van der Waals surface area (Å²) in [5.74, 6) is 0.243. The van der Waals surface area contributed by atoms with Crippen LogP contribution in [-0.4, -0.2) is 34.0 Å². The van der Waals surface area contributed by atoms with E-state index < -0.39 is 5.82 Å². The molecular formula is C21H19ClFN3O2. The zero-order valence-electron chi connectivity index (χ0n) is 15.1. The molecule has 0 bridgehead atoms. The van der Waals surface area contributed by atoms with Crippen LogP contribution in [0.4, 0.5) is 4.39 Å². The van der Waals surface area contributed by atoms with E-state index in [9.17, 15) is 9.18 Å². The van der Waals surface area contributed by atoms with Crippen LogP contribution >= 0.6 is 11.6 Å². The van der Waals surface area contributed by atoms with Gasteiger partial charge < -0.3 is 9.42 Å². The minimum atomic E-state index is -0.498. The molecule has 28 heavy (non-hydrogen) atoms. The Morgan fingerprint density at radius 1 is 1.21 bits per heavy atom. The van der Waals surface area contributed by atoms with E-state index in [2.05, 4.69) is 22.3 Å². The summed E-state index contributed by atoms with van der Waals surface area (Å²) >= 11 is 5.82. The lowest BCUT2D eigenvalue weighted by molar-refractivity contribution is -0.127. The topological polar surface area (TPSA) is 59.2 Å². The van der Waals surface area contributed by atoms with Gasteiger partial charge in [-0.25, -0.2) is 4.39 Å². The number of aryl methyl sites for hydroxylation is 1. The molecule has 1 unspecified atom stereocenters. The van der Waals surface area contributed by atoms with Crippen LogP contribution in [0.5, 0.6) is 0 Å². The van der Waals surface area contributed by atoms with Gasteiger partial charge in [-0.3, -0.25) is 4.79 Å². The van der Waals surface area contributed by atoms with Crippen LogP contribution in [0.25, 0.3) is 11.4 Å². The largest absolute Gasteiger partial charge is 0.342 e. The highest BCUT2D eigenvalue weighted by molar-refractivity contribution is 6.31. The van der Waals surface area contributed by atoms with Gasteiger partial charge in [0, 0.05) is 25.1 Å². The number of hydrogen-bond acceptors (Lipinski definition) is 4. The maximum Gasteiger partial charge on any atom is 0.232 e. The van der Waals surface area contributed by atoms with Crippen LogP contribution in [0.2, 0.25) is 5.02 Å². The average molecular weight is 400 g/mol. The van der Waals surface area contributed by atoms with Crippen LogP contribution < -0.4 is 0 Å². The molecule has 1 aliphatic heterocycles. The first-order valence-electron chi connectivity index (χ1n) is 9.21. The number of aromatic nitrogens is 2. The SMILES string of the molecule is O=C1CC(c2nc(-c3ccc(F)c(Cl)c3)no2)CN1CCCc1ccccc1. The Kier molecular flexibility index (Phi) is 5.39. The molecule has 144 valence electrons. The van der Waals surface area contributed by atoms with Gasteiger partial charge in [-0.2, -0.15) is 4.98 Å². The van der Waals surface area contributed by atoms with Crippen molar-refractivity contribution in [3.63, 3.8) is 0 Å². The first-order valence-corrected chi connectivity index (χ1v) is 9.58. The second kappa shape index (κ2) is 8.10. The Labute approximate surface area is 167 Å². The Morgan fingerprint density at radius 2 is 2.04 bits per heavy atom. The molecule has 2 heterocycles. The van der Waals surface area contributed by atoms with Gasteiger partial charge in [0.1, 0.15) is 5.82 Å². The van der Waals surface area contributed by atoms with E-state index in [0.717, 1.165) is 12.8 Å². The third-order valence-electron chi connectivity index (χ3n) is 4.92. The third kappa shape index (κ3) is 4.07. The van der Waals surface area contributed by atoms with Crippen molar-refractivity contribution in [2.45, 2.75) is 25.2 Å². The predicted molar refractivity (Wildman–Crippen MR) is 103 cm³/mol. The van der Waals surface area contributed by atoms with Crippen LogP contribution in [0, 0.1) is 5.82 Å². The summed E-state index contributed by atoms with van der Waals surface area (Å²) in [6, 6.07) is 14.5. The minimum absolute atomic E-state index is 0.00415. The molecule has 1 saturated heterocycles. The lowest BCUT2D eigenvalue weighted by Gasteiger charge is -2.15. The Balaban J connectivity index is 1.37. The molecule has 4 rings (SSSR count). The van der Waals surface area contributed by atoms with Gasteiger partial charge in [-0.1, -0.05) is 47.1 Å². The van der Waals surface area contributed by atoms with E-state index in [4.69, 9.17) is 16.1 Å². The van der Waals surface area contributed by atoms with Gasteiger partial charge in [0.2, 0.25) is 17.6 Å². The highest BCUT2D eigenvalue weighted by Crippen LogP contribution is 2.29. The molecule has 3 aromatic rings. The van der Waals surface area contributed by atoms with Crippen molar-refractivity contribution in [2.24, 2.45) is 0 Å². The first-order chi connectivity index (χ1) is 13.6. The van der Waals surface area contributed by atoms with Crippen molar-refractivity contribution in [1.82, 2.24) is 15.0 Å². The maximum atomic E-state index is 13.3. The number of nitrogens with zero attached hydrogens (tertiary/aromatic N) is 3. The summed E-state index contributed by atoms with van der Waals surface area (Å²) in [6.07, 6.45) is 2.20. The van der Waals surface area contributed by atoms with Crippen molar-refractivity contribution in [3.05, 3.63) is 70.8 Å². The van der Waals surface area contributed by atoms with E-state index in [1.165, 1.54) is 17.7 Å². The fraction of sp³-hybridized carbons (Fsp3) is 0.286. The lowest BCUT2D eigenvalue weighted by Crippen LogP contribution is -2.26. The van der Waals surface area contributed by atoms with E-state index >= 15 is 0 Å². The maximum absolute atomic E-state index is 13.3. The molecule has 1 aromatic heterocycles. The molecule has 1 aliphatic rings. The van der Waals surface area contributed by atoms with Gasteiger partial charge in [0.05, 0.1) is 10.9 Å². The summed E-state index contributed by atoms with van der Waals surface area (Å²) in [4.78, 5) is 18.6. The monoisotopic (exact) mass is 399 g/mol. The number of hydrogen-bond donors (Lipinski definition) is 0. The summed E-state index contributed by atoms with van der Waals surface area (Å²) in [5, 5.41) is 3.96. The summed E-state index contributed by atoms with van der Waals surface area (Å²) in [7, 11) is 0. The molecule has 0 spiro atoms. The van der Waals surface area contributed by atoms with E-state index in [-0.39, 0.29) is 16.8 Å². The average Bonchev–Trinajstić information content (AvgIpc) is 3.32. The normalized spacial score (nSPS) is 16.7. The van der Waals surface area contributed by atoms with E-state index in [1.54, 1.807) is 6.07 Å². The zero-order valence-corrected chi connectivity index (χ0v) is 15.9. The Hall–Kier alpha value is -2.73. The van der Waals surface area contributed by atoms with E-state index in [1.807, 2.05) is 23.1 Å². The van der Waals surface area contributed by atoms with Crippen LogP contribution in [0.3, 0.4) is 0 Å². The van der Waals surface area contributed by atoms with Gasteiger partial charge in [-0.05, 0) is 36.6 Å². The summed E-state index contributed by atoms with van der Waals surface area (Å²) in [6.45, 7) is 1.28. The van der Waals surface area contributed by atoms with E-state index in [0.29, 0.717) is 36.8 Å². The Morgan fingerprint density at radius 3 is 2.82 bits per heavy atom. The molecule has 0 N–H and O–H groups in total. The van der Waals surface area contributed by atoms with Crippen molar-refractivity contribution < 1.29 is 13.7 Å². The number of carbonyl (C=O) groups is 1. The summed E-state index contributed by atoms with van der Waals surface area (Å²) < 4.78 is 18.7. The standard InChI is InChI=1S/C21H19ClFN3O2/c22-17-11-15(8-9-18(17)23)20-24-21(28-25-20)16-12-19(27)26(13-16)10-4-7-14-5-2-1-3-6-14/h1-3,5-6,8-9,11,16H,4,7,10,12-13H2. The molecule has 2 aromatic carbocycles. The number of amides is 1. The number of rotatable bonds is 6.